The second kappa shape index (κ2) is 6.19. The molecule has 2 rings (SSSR count). The van der Waals surface area contributed by atoms with Crippen molar-refractivity contribution in [2.24, 2.45) is 7.05 Å². The van der Waals surface area contributed by atoms with Crippen LogP contribution in [0.5, 0.6) is 0 Å². The third-order valence-corrected chi connectivity index (χ3v) is 3.80. The molecule has 19 heavy (non-hydrogen) atoms. The average molecular weight is 265 g/mol. The summed E-state index contributed by atoms with van der Waals surface area (Å²) in [7, 11) is 1.84. The summed E-state index contributed by atoms with van der Waals surface area (Å²) in [4.78, 5) is 14.6. The van der Waals surface area contributed by atoms with Crippen molar-refractivity contribution in [3.8, 4) is 0 Å². The summed E-state index contributed by atoms with van der Waals surface area (Å²) in [6.45, 7) is 2.78. The summed E-state index contributed by atoms with van der Waals surface area (Å²) in [5.41, 5.74) is 1.58. The third-order valence-electron chi connectivity index (χ3n) is 3.80. The quantitative estimate of drug-likeness (QED) is 0.845. The predicted octanol–water partition coefficient (Wildman–Crippen LogP) is 1.36. The summed E-state index contributed by atoms with van der Waals surface area (Å²) in [5, 5.41) is 13.3. The van der Waals surface area contributed by atoms with E-state index in [0.29, 0.717) is 19.0 Å². The van der Waals surface area contributed by atoms with Crippen molar-refractivity contribution >= 4 is 5.91 Å². The molecule has 106 valence electrons. The zero-order chi connectivity index (χ0) is 13.8. The minimum absolute atomic E-state index is 0.0723. The Morgan fingerprint density at radius 2 is 2.32 bits per heavy atom. The van der Waals surface area contributed by atoms with E-state index < -0.39 is 0 Å². The van der Waals surface area contributed by atoms with Crippen LogP contribution in [0.1, 0.15) is 48.7 Å². The van der Waals surface area contributed by atoms with Crippen LogP contribution in [0.25, 0.3) is 0 Å². The summed E-state index contributed by atoms with van der Waals surface area (Å²) in [6.07, 6.45) is 6.58. The van der Waals surface area contributed by atoms with Crippen molar-refractivity contribution in [2.75, 3.05) is 13.2 Å². The highest BCUT2D eigenvalue weighted by Crippen LogP contribution is 2.27. The van der Waals surface area contributed by atoms with Gasteiger partial charge in [-0.05, 0) is 32.1 Å². The number of hydrogen-bond donors (Lipinski definition) is 1. The first kappa shape index (κ1) is 14.1. The third kappa shape index (κ3) is 2.97. The van der Waals surface area contributed by atoms with Crippen molar-refractivity contribution in [2.45, 2.75) is 45.1 Å². The van der Waals surface area contributed by atoms with Gasteiger partial charge in [-0.1, -0.05) is 6.92 Å². The van der Waals surface area contributed by atoms with E-state index >= 15 is 0 Å². The minimum atomic E-state index is 0.0723. The average Bonchev–Trinajstić information content (AvgIpc) is 2.72. The Balaban J connectivity index is 2.17. The molecule has 1 aromatic heterocycles. The largest absolute Gasteiger partial charge is 0.396 e. The fraction of sp³-hybridized carbons (Fsp3) is 0.714. The van der Waals surface area contributed by atoms with Gasteiger partial charge in [0.15, 0.2) is 0 Å². The molecule has 0 aliphatic heterocycles. The monoisotopic (exact) mass is 265 g/mol. The molecule has 0 atom stereocenters. The van der Waals surface area contributed by atoms with Gasteiger partial charge in [0.05, 0.1) is 11.3 Å². The lowest BCUT2D eigenvalue weighted by molar-refractivity contribution is 0.0561. The van der Waals surface area contributed by atoms with Gasteiger partial charge in [-0.25, -0.2) is 0 Å². The maximum absolute atomic E-state index is 12.7. The van der Waals surface area contributed by atoms with Gasteiger partial charge >= 0.3 is 0 Å². The molecule has 0 spiro atoms. The van der Waals surface area contributed by atoms with E-state index in [1.165, 1.54) is 6.42 Å². The molecule has 1 heterocycles. The first-order chi connectivity index (χ1) is 9.17. The fourth-order valence-corrected chi connectivity index (χ4v) is 2.52. The lowest BCUT2D eigenvalue weighted by Gasteiger charge is -2.37. The highest BCUT2D eigenvalue weighted by Gasteiger charge is 2.30. The van der Waals surface area contributed by atoms with E-state index in [0.717, 1.165) is 30.5 Å². The van der Waals surface area contributed by atoms with E-state index in [1.54, 1.807) is 4.68 Å². The molecule has 0 aromatic carbocycles. The minimum Gasteiger partial charge on any atom is -0.396 e. The highest BCUT2D eigenvalue weighted by molar-refractivity contribution is 5.95. The molecule has 5 heteroatoms. The molecule has 0 saturated heterocycles. The molecular formula is C14H23N3O2. The SMILES string of the molecule is CCc1nn(C)cc1C(=O)N(CCCO)C1CCC1. The summed E-state index contributed by atoms with van der Waals surface area (Å²) in [6, 6.07) is 0.351. The van der Waals surface area contributed by atoms with Gasteiger partial charge in [-0.15, -0.1) is 0 Å². The van der Waals surface area contributed by atoms with Crippen LogP contribution >= 0.6 is 0 Å². The maximum atomic E-state index is 12.7. The second-order valence-electron chi connectivity index (χ2n) is 5.18. The van der Waals surface area contributed by atoms with Gasteiger partial charge < -0.3 is 10.0 Å². The van der Waals surface area contributed by atoms with Crippen molar-refractivity contribution in [3.63, 3.8) is 0 Å². The summed E-state index contributed by atoms with van der Waals surface area (Å²) >= 11 is 0. The van der Waals surface area contributed by atoms with Crippen LogP contribution in [0.3, 0.4) is 0 Å². The van der Waals surface area contributed by atoms with Crippen LogP contribution in [0.15, 0.2) is 6.20 Å². The first-order valence-corrected chi connectivity index (χ1v) is 7.11. The number of aliphatic hydroxyl groups is 1. The van der Waals surface area contributed by atoms with Crippen LogP contribution in [0.4, 0.5) is 0 Å². The molecule has 1 fully saturated rings. The van der Waals surface area contributed by atoms with Gasteiger partial charge in [0.25, 0.3) is 5.91 Å². The van der Waals surface area contributed by atoms with E-state index in [-0.39, 0.29) is 12.5 Å². The van der Waals surface area contributed by atoms with Crippen LogP contribution in [0, 0.1) is 0 Å². The lowest BCUT2D eigenvalue weighted by Crippen LogP contribution is -2.45. The molecule has 1 aliphatic carbocycles. The van der Waals surface area contributed by atoms with E-state index in [9.17, 15) is 4.79 Å². The number of hydrogen-bond acceptors (Lipinski definition) is 3. The van der Waals surface area contributed by atoms with E-state index in [4.69, 9.17) is 5.11 Å². The van der Waals surface area contributed by atoms with Crippen molar-refractivity contribution < 1.29 is 9.90 Å². The van der Waals surface area contributed by atoms with Gasteiger partial charge in [0, 0.05) is 32.4 Å². The standard InChI is InChI=1S/C14H23N3O2/c1-3-13-12(10-16(2)15-13)14(19)17(8-5-9-18)11-6-4-7-11/h10-11,18H,3-9H2,1-2H3. The number of rotatable bonds is 6. The predicted molar refractivity (Wildman–Crippen MR) is 73.0 cm³/mol. The summed E-state index contributed by atoms with van der Waals surface area (Å²) < 4.78 is 1.71. The number of aromatic nitrogens is 2. The molecule has 0 bridgehead atoms. The lowest BCUT2D eigenvalue weighted by atomic mass is 9.90. The Kier molecular flexibility index (Phi) is 4.58. The van der Waals surface area contributed by atoms with Crippen LogP contribution in [-0.2, 0) is 13.5 Å². The molecule has 1 saturated carbocycles. The molecule has 1 aliphatic rings. The zero-order valence-electron chi connectivity index (χ0n) is 11.8. The highest BCUT2D eigenvalue weighted by atomic mass is 16.3. The number of amides is 1. The summed E-state index contributed by atoms with van der Waals surface area (Å²) in [5.74, 6) is 0.0723. The van der Waals surface area contributed by atoms with E-state index in [1.807, 2.05) is 25.1 Å². The van der Waals surface area contributed by atoms with Crippen LogP contribution in [-0.4, -0.2) is 44.9 Å². The Morgan fingerprint density at radius 1 is 1.58 bits per heavy atom. The molecule has 0 radical (unpaired) electrons. The van der Waals surface area contributed by atoms with Crippen molar-refractivity contribution in [1.82, 2.24) is 14.7 Å². The fourth-order valence-electron chi connectivity index (χ4n) is 2.52. The topological polar surface area (TPSA) is 58.4 Å². The molecule has 0 unspecified atom stereocenters. The Labute approximate surface area is 114 Å². The molecule has 1 aromatic rings. The van der Waals surface area contributed by atoms with Gasteiger partial charge in [0.1, 0.15) is 0 Å². The second-order valence-corrected chi connectivity index (χ2v) is 5.18. The van der Waals surface area contributed by atoms with E-state index in [2.05, 4.69) is 5.10 Å². The van der Waals surface area contributed by atoms with Gasteiger partial charge in [-0.3, -0.25) is 9.48 Å². The van der Waals surface area contributed by atoms with Gasteiger partial charge in [-0.2, -0.15) is 5.10 Å². The Bertz CT molecular complexity index is 438. The number of carbonyl (C=O) groups excluding carboxylic acids is 1. The maximum Gasteiger partial charge on any atom is 0.257 e. The molecule has 1 amide bonds. The molecular weight excluding hydrogens is 242 g/mol. The van der Waals surface area contributed by atoms with Crippen molar-refractivity contribution in [1.29, 1.82) is 0 Å². The Morgan fingerprint density at radius 3 is 2.84 bits per heavy atom. The molecule has 1 N–H and O–H groups in total. The van der Waals surface area contributed by atoms with Gasteiger partial charge in [0.2, 0.25) is 0 Å². The van der Waals surface area contributed by atoms with Crippen molar-refractivity contribution in [3.05, 3.63) is 17.5 Å². The Hall–Kier alpha value is -1.36. The number of carbonyl (C=O) groups is 1. The smallest absolute Gasteiger partial charge is 0.257 e. The first-order valence-electron chi connectivity index (χ1n) is 7.11. The van der Waals surface area contributed by atoms with Crippen LogP contribution < -0.4 is 0 Å². The zero-order valence-corrected chi connectivity index (χ0v) is 11.8. The normalized spacial score (nSPS) is 15.3. The number of aliphatic hydroxyl groups excluding tert-OH is 1. The molecule has 5 nitrogen and oxygen atoms in total. The number of nitrogens with zero attached hydrogens (tertiary/aromatic N) is 3. The number of aryl methyl sites for hydroxylation is 2. The van der Waals surface area contributed by atoms with Crippen LogP contribution in [0.2, 0.25) is 0 Å².